The van der Waals surface area contributed by atoms with Crippen LogP contribution in [-0.4, -0.2) is 4.98 Å². The number of aryl methyl sites for hydroxylation is 2. The van der Waals surface area contributed by atoms with Crippen LogP contribution in [0.1, 0.15) is 32.0 Å². The van der Waals surface area contributed by atoms with E-state index >= 15 is 0 Å². The second kappa shape index (κ2) is 6.01. The van der Waals surface area contributed by atoms with Crippen LogP contribution in [0.3, 0.4) is 0 Å². The zero-order chi connectivity index (χ0) is 9.56. The molecule has 1 nitrogen and oxygen atoms in total. The molecule has 0 unspecified atom stereocenters. The van der Waals surface area contributed by atoms with E-state index in [4.69, 9.17) is 11.6 Å². The topological polar surface area (TPSA) is 12.9 Å². The fraction of sp³-hybridized carbons (Fsp3) is 0.500. The second-order valence-corrected chi connectivity index (χ2v) is 2.62. The van der Waals surface area contributed by atoms with Crippen molar-refractivity contribution < 1.29 is 0 Å². The van der Waals surface area contributed by atoms with E-state index in [0.717, 1.165) is 12.1 Å². The summed E-state index contributed by atoms with van der Waals surface area (Å²) in [6.07, 6.45) is 1.02. The molecule has 0 aliphatic carbocycles. The van der Waals surface area contributed by atoms with Crippen LogP contribution in [0.4, 0.5) is 0 Å². The van der Waals surface area contributed by atoms with Gasteiger partial charge < -0.3 is 0 Å². The Labute approximate surface area is 79.8 Å². The first-order valence-electron chi connectivity index (χ1n) is 4.36. The first kappa shape index (κ1) is 11.4. The number of aromatic nitrogens is 1. The van der Waals surface area contributed by atoms with Crippen LogP contribution in [0, 0.1) is 6.92 Å². The minimum Gasteiger partial charge on any atom is -0.241 e. The molecule has 1 aromatic heterocycles. The van der Waals surface area contributed by atoms with Gasteiger partial charge in [0.25, 0.3) is 0 Å². The summed E-state index contributed by atoms with van der Waals surface area (Å²) in [5, 5.41) is 0.578. The Morgan fingerprint density at radius 3 is 2.33 bits per heavy atom. The van der Waals surface area contributed by atoms with Crippen molar-refractivity contribution in [1.29, 1.82) is 0 Å². The Hall–Kier alpha value is -0.560. The molecule has 0 spiro atoms. The summed E-state index contributed by atoms with van der Waals surface area (Å²) < 4.78 is 0. The number of rotatable bonds is 1. The molecule has 2 heteroatoms. The number of hydrogen-bond donors (Lipinski definition) is 0. The summed E-state index contributed by atoms with van der Waals surface area (Å²) >= 11 is 5.66. The van der Waals surface area contributed by atoms with Crippen LogP contribution in [0.5, 0.6) is 0 Å². The summed E-state index contributed by atoms with van der Waals surface area (Å²) in [5.74, 6) is 0. The molecule has 1 aromatic rings. The number of halogens is 1. The van der Waals surface area contributed by atoms with E-state index in [2.05, 4.69) is 11.9 Å². The molecule has 1 heterocycles. The van der Waals surface area contributed by atoms with Crippen LogP contribution in [0.2, 0.25) is 5.15 Å². The quantitative estimate of drug-likeness (QED) is 0.609. The average Bonchev–Trinajstić information content (AvgIpc) is 2.08. The smallest absolute Gasteiger partial charge is 0.129 e. The maximum absolute atomic E-state index is 5.66. The van der Waals surface area contributed by atoms with Crippen molar-refractivity contribution >= 4 is 11.6 Å². The van der Waals surface area contributed by atoms with Crippen molar-refractivity contribution in [2.75, 3.05) is 0 Å². The fourth-order valence-electron chi connectivity index (χ4n) is 0.933. The van der Waals surface area contributed by atoms with Crippen LogP contribution < -0.4 is 0 Å². The zero-order valence-corrected chi connectivity index (χ0v) is 8.94. The number of nitrogens with zero attached hydrogens (tertiary/aromatic N) is 1. The lowest BCUT2D eigenvalue weighted by Crippen LogP contribution is -1.89. The Bertz CT molecular complexity index is 233. The van der Waals surface area contributed by atoms with Gasteiger partial charge in [-0.3, -0.25) is 0 Å². The van der Waals surface area contributed by atoms with Gasteiger partial charge in [0.1, 0.15) is 5.15 Å². The lowest BCUT2D eigenvalue weighted by atomic mass is 10.2. The highest BCUT2D eigenvalue weighted by Crippen LogP contribution is 2.10. The van der Waals surface area contributed by atoms with Crippen molar-refractivity contribution in [3.63, 3.8) is 0 Å². The van der Waals surface area contributed by atoms with Gasteiger partial charge in [-0.25, -0.2) is 4.98 Å². The SMILES string of the molecule is CC.CCc1ccc(Cl)nc1C. The predicted molar refractivity (Wildman–Crippen MR) is 54.7 cm³/mol. The first-order chi connectivity index (χ1) is 5.74. The lowest BCUT2D eigenvalue weighted by Gasteiger charge is -1.99. The third kappa shape index (κ3) is 3.22. The van der Waals surface area contributed by atoms with Gasteiger partial charge in [-0.05, 0) is 25.0 Å². The molecule has 0 saturated heterocycles. The third-order valence-corrected chi connectivity index (χ3v) is 1.75. The summed E-state index contributed by atoms with van der Waals surface area (Å²) in [6, 6.07) is 3.85. The van der Waals surface area contributed by atoms with Crippen LogP contribution in [0.25, 0.3) is 0 Å². The van der Waals surface area contributed by atoms with Crippen LogP contribution in [0.15, 0.2) is 12.1 Å². The molecule has 0 atom stereocenters. The van der Waals surface area contributed by atoms with E-state index in [0.29, 0.717) is 5.15 Å². The standard InChI is InChI=1S/C8H10ClN.C2H6/c1-3-7-4-5-8(9)10-6(7)2;1-2/h4-5H,3H2,1-2H3;1-2H3. The Kier molecular flexibility index (Phi) is 5.73. The van der Waals surface area contributed by atoms with Gasteiger partial charge in [0, 0.05) is 5.69 Å². The van der Waals surface area contributed by atoms with Crippen molar-refractivity contribution in [1.82, 2.24) is 4.98 Å². The Morgan fingerprint density at radius 2 is 1.92 bits per heavy atom. The van der Waals surface area contributed by atoms with Gasteiger partial charge in [0.2, 0.25) is 0 Å². The van der Waals surface area contributed by atoms with Crippen LogP contribution in [-0.2, 0) is 6.42 Å². The predicted octanol–water partition coefficient (Wildman–Crippen LogP) is 3.63. The third-order valence-electron chi connectivity index (χ3n) is 1.54. The Balaban J connectivity index is 0.000000561. The summed E-state index contributed by atoms with van der Waals surface area (Å²) in [4.78, 5) is 4.11. The van der Waals surface area contributed by atoms with Crippen molar-refractivity contribution in [3.05, 3.63) is 28.5 Å². The molecule has 0 N–H and O–H groups in total. The number of pyridine rings is 1. The molecule has 0 bridgehead atoms. The second-order valence-electron chi connectivity index (χ2n) is 2.23. The van der Waals surface area contributed by atoms with Crippen LogP contribution >= 0.6 is 11.6 Å². The fourth-order valence-corrected chi connectivity index (χ4v) is 1.12. The molecule has 68 valence electrons. The van der Waals surface area contributed by atoms with Crippen molar-refractivity contribution in [2.24, 2.45) is 0 Å². The maximum Gasteiger partial charge on any atom is 0.129 e. The van der Waals surface area contributed by atoms with Gasteiger partial charge in [0.15, 0.2) is 0 Å². The molecule has 0 amide bonds. The van der Waals surface area contributed by atoms with Gasteiger partial charge >= 0.3 is 0 Å². The molecule has 0 fully saturated rings. The molecule has 12 heavy (non-hydrogen) atoms. The van der Waals surface area contributed by atoms with E-state index in [1.807, 2.05) is 32.9 Å². The summed E-state index contributed by atoms with van der Waals surface area (Å²) in [7, 11) is 0. The molecular formula is C10H16ClN. The van der Waals surface area contributed by atoms with E-state index in [9.17, 15) is 0 Å². The lowest BCUT2D eigenvalue weighted by molar-refractivity contribution is 1.05. The highest BCUT2D eigenvalue weighted by atomic mass is 35.5. The molecule has 1 rings (SSSR count). The van der Waals surface area contributed by atoms with Gasteiger partial charge in [-0.1, -0.05) is 38.4 Å². The van der Waals surface area contributed by atoms with E-state index in [1.54, 1.807) is 0 Å². The molecular weight excluding hydrogens is 170 g/mol. The minimum atomic E-state index is 0.578. The molecule has 0 aromatic carbocycles. The van der Waals surface area contributed by atoms with E-state index in [1.165, 1.54) is 5.56 Å². The zero-order valence-electron chi connectivity index (χ0n) is 8.19. The summed E-state index contributed by atoms with van der Waals surface area (Å²) in [5.41, 5.74) is 2.31. The Morgan fingerprint density at radius 1 is 1.33 bits per heavy atom. The normalized spacial score (nSPS) is 8.75. The van der Waals surface area contributed by atoms with Gasteiger partial charge in [-0.15, -0.1) is 0 Å². The van der Waals surface area contributed by atoms with Crippen molar-refractivity contribution in [2.45, 2.75) is 34.1 Å². The maximum atomic E-state index is 5.66. The van der Waals surface area contributed by atoms with Crippen molar-refractivity contribution in [3.8, 4) is 0 Å². The number of hydrogen-bond acceptors (Lipinski definition) is 1. The van der Waals surface area contributed by atoms with E-state index in [-0.39, 0.29) is 0 Å². The van der Waals surface area contributed by atoms with Gasteiger partial charge in [0.05, 0.1) is 0 Å². The highest BCUT2D eigenvalue weighted by Gasteiger charge is 1.96. The molecule has 0 radical (unpaired) electrons. The van der Waals surface area contributed by atoms with Gasteiger partial charge in [-0.2, -0.15) is 0 Å². The minimum absolute atomic E-state index is 0.578. The largest absolute Gasteiger partial charge is 0.241 e. The first-order valence-corrected chi connectivity index (χ1v) is 4.74. The van der Waals surface area contributed by atoms with E-state index < -0.39 is 0 Å². The average molecular weight is 186 g/mol. The monoisotopic (exact) mass is 185 g/mol. The molecule has 0 aliphatic rings. The highest BCUT2D eigenvalue weighted by molar-refractivity contribution is 6.29. The summed E-state index contributed by atoms with van der Waals surface area (Å²) in [6.45, 7) is 8.09. The molecule has 0 aliphatic heterocycles. The molecule has 0 saturated carbocycles.